The lowest BCUT2D eigenvalue weighted by atomic mass is 10.1. The molecule has 0 nitrogen and oxygen atoms in total. The topological polar surface area (TPSA) is 0 Å². The van der Waals surface area contributed by atoms with Crippen LogP contribution in [0.5, 0.6) is 0 Å². The van der Waals surface area contributed by atoms with Crippen molar-refractivity contribution in [3.05, 3.63) is 87.0 Å². The molecule has 29 heavy (non-hydrogen) atoms. The molecule has 0 aliphatic rings. The monoisotopic (exact) mass is 417 g/mol. The molecule has 3 aromatic carbocycles. The zero-order valence-corrected chi connectivity index (χ0v) is 18.2. The smallest absolute Gasteiger partial charge is 0.170 e. The van der Waals surface area contributed by atoms with Gasteiger partial charge in [-0.25, -0.2) is 17.6 Å². The molecule has 0 atom stereocenters. The Morgan fingerprint density at radius 1 is 0.552 bits per heavy atom. The molecule has 0 aliphatic heterocycles. The maximum absolute atomic E-state index is 15.0. The molecule has 0 spiro atoms. The molecule has 0 saturated carbocycles. The summed E-state index contributed by atoms with van der Waals surface area (Å²) in [6, 6.07) is 9.21. The van der Waals surface area contributed by atoms with Crippen molar-refractivity contribution in [2.24, 2.45) is 0 Å². The third kappa shape index (κ3) is 3.83. The van der Waals surface area contributed by atoms with Crippen LogP contribution in [-0.4, -0.2) is 0 Å². The van der Waals surface area contributed by atoms with E-state index in [-0.39, 0.29) is 0 Å². The van der Waals surface area contributed by atoms with E-state index in [1.165, 1.54) is 6.07 Å². The van der Waals surface area contributed by atoms with Gasteiger partial charge in [-0.15, -0.1) is 0 Å². The molecule has 0 fully saturated rings. The van der Waals surface area contributed by atoms with Gasteiger partial charge < -0.3 is 0 Å². The van der Waals surface area contributed by atoms with Crippen LogP contribution in [0.4, 0.5) is 17.6 Å². The highest BCUT2D eigenvalue weighted by molar-refractivity contribution is 7.80. The first-order valence-corrected chi connectivity index (χ1v) is 10.6. The van der Waals surface area contributed by atoms with Gasteiger partial charge in [0, 0.05) is 0 Å². The summed E-state index contributed by atoms with van der Waals surface area (Å²) >= 11 is 0. The van der Waals surface area contributed by atoms with E-state index in [4.69, 9.17) is 0 Å². The second kappa shape index (κ2) is 7.91. The first kappa shape index (κ1) is 21.5. The Hall–Kier alpha value is -2.19. The molecule has 151 valence electrons. The Morgan fingerprint density at radius 3 is 1.17 bits per heavy atom. The summed E-state index contributed by atoms with van der Waals surface area (Å²) < 4.78 is 58.1. The Bertz CT molecular complexity index is 989. The van der Waals surface area contributed by atoms with Gasteiger partial charge in [0.25, 0.3) is 0 Å². The summed E-state index contributed by atoms with van der Waals surface area (Å²) in [5.74, 6) is -5.77. The number of hydrogen-bond acceptors (Lipinski definition) is 0. The van der Waals surface area contributed by atoms with Crippen molar-refractivity contribution < 1.29 is 17.6 Å². The molecule has 1 radical (unpaired) electrons. The highest BCUT2D eigenvalue weighted by atomic mass is 31.1. The van der Waals surface area contributed by atoms with E-state index in [2.05, 4.69) is 0 Å². The van der Waals surface area contributed by atoms with Crippen molar-refractivity contribution in [2.45, 2.75) is 41.5 Å². The van der Waals surface area contributed by atoms with Crippen LogP contribution in [0.1, 0.15) is 33.4 Å². The van der Waals surface area contributed by atoms with Crippen molar-refractivity contribution in [2.75, 3.05) is 0 Å². The number of halogens is 4. The minimum atomic E-state index is -1.88. The Balaban J connectivity index is 2.50. The number of hydrogen-bond donors (Lipinski definition) is 0. The summed E-state index contributed by atoms with van der Waals surface area (Å²) in [6.45, 7) is 11.3. The van der Waals surface area contributed by atoms with E-state index >= 15 is 0 Å². The fourth-order valence-electron chi connectivity index (χ4n) is 4.09. The lowest BCUT2D eigenvalue weighted by Gasteiger charge is -2.27. The van der Waals surface area contributed by atoms with Crippen molar-refractivity contribution >= 4 is 23.8 Å². The largest absolute Gasteiger partial charge is 0.203 e. The maximum Gasteiger partial charge on any atom is 0.170 e. The first-order chi connectivity index (χ1) is 13.5. The van der Waals surface area contributed by atoms with Gasteiger partial charge in [-0.3, -0.25) is 0 Å². The third-order valence-electron chi connectivity index (χ3n) is 4.96. The molecule has 0 aliphatic carbocycles. The van der Waals surface area contributed by atoms with Crippen LogP contribution in [0, 0.1) is 70.9 Å². The van der Waals surface area contributed by atoms with E-state index in [9.17, 15) is 17.6 Å². The minimum Gasteiger partial charge on any atom is -0.203 e. The van der Waals surface area contributed by atoms with Gasteiger partial charge in [-0.1, -0.05) is 35.4 Å². The van der Waals surface area contributed by atoms with Gasteiger partial charge in [0.2, 0.25) is 0 Å². The van der Waals surface area contributed by atoms with Gasteiger partial charge in [-0.2, -0.15) is 0 Å². The Morgan fingerprint density at radius 2 is 0.862 bits per heavy atom. The average Bonchev–Trinajstić information content (AvgIpc) is 2.58. The number of benzene rings is 3. The molecule has 0 unspecified atom stereocenters. The zero-order valence-electron chi connectivity index (χ0n) is 17.3. The van der Waals surface area contributed by atoms with Crippen LogP contribution in [0.25, 0.3) is 0 Å². The fraction of sp³-hybridized carbons (Fsp3) is 0.250. The van der Waals surface area contributed by atoms with Crippen molar-refractivity contribution in [3.63, 3.8) is 0 Å². The van der Waals surface area contributed by atoms with Gasteiger partial charge in [-0.05, 0) is 82.3 Å². The predicted molar refractivity (Wildman–Crippen MR) is 112 cm³/mol. The predicted octanol–water partition coefficient (Wildman–Crippen LogP) is 5.65. The average molecular weight is 417 g/mol. The van der Waals surface area contributed by atoms with Gasteiger partial charge >= 0.3 is 0 Å². The van der Waals surface area contributed by atoms with Crippen LogP contribution in [0.3, 0.4) is 0 Å². The molecule has 0 saturated heterocycles. The molecular weight excluding hydrogens is 395 g/mol. The summed E-state index contributed by atoms with van der Waals surface area (Å²) in [5, 5.41) is 0.866. The molecule has 0 heterocycles. The second-order valence-electron chi connectivity index (χ2n) is 7.56. The van der Waals surface area contributed by atoms with Crippen molar-refractivity contribution in [3.8, 4) is 0 Å². The molecular formula is C24H22F4P. The first-order valence-electron chi connectivity index (χ1n) is 9.24. The SMILES string of the molecule is Cc1cc(C)c(P(c2c(C)cc(C)cc2C)c2c(F)c(F)[c]c(F)c2F)c(C)c1. The standard InChI is InChI=1S/C24H22F4P/c1-12-7-14(3)22(15(4)8-12)29(23-16(5)9-13(2)10-17(23)6)24-20(27)18(25)11-19(26)21(24)28/h7-10H,1-6H3. The fourth-order valence-corrected chi connectivity index (χ4v) is 7.02. The summed E-state index contributed by atoms with van der Waals surface area (Å²) in [4.78, 5) is 0. The number of rotatable bonds is 3. The molecule has 0 bridgehead atoms. The molecule has 0 aromatic heterocycles. The second-order valence-corrected chi connectivity index (χ2v) is 9.57. The summed E-state index contributed by atoms with van der Waals surface area (Å²) in [6.07, 6.45) is 0. The molecule has 3 aromatic rings. The maximum atomic E-state index is 15.0. The molecule has 5 heteroatoms. The van der Waals surface area contributed by atoms with Crippen molar-refractivity contribution in [1.29, 1.82) is 0 Å². The van der Waals surface area contributed by atoms with Gasteiger partial charge in [0.15, 0.2) is 23.3 Å². The molecule has 3 rings (SSSR count). The minimum absolute atomic E-state index is 0.557. The lowest BCUT2D eigenvalue weighted by molar-refractivity contribution is 0.461. The normalized spacial score (nSPS) is 11.4. The van der Waals surface area contributed by atoms with E-state index in [1.807, 2.05) is 65.8 Å². The van der Waals surface area contributed by atoms with Gasteiger partial charge in [0.1, 0.15) is 0 Å². The van der Waals surface area contributed by atoms with E-state index in [0.717, 1.165) is 33.4 Å². The Labute approximate surface area is 170 Å². The van der Waals surface area contributed by atoms with Crippen LogP contribution in [0.15, 0.2) is 24.3 Å². The lowest BCUT2D eigenvalue weighted by Crippen LogP contribution is -2.32. The third-order valence-corrected chi connectivity index (χ3v) is 8.11. The van der Waals surface area contributed by atoms with Crippen molar-refractivity contribution in [1.82, 2.24) is 0 Å². The van der Waals surface area contributed by atoms with Crippen LogP contribution < -0.4 is 15.9 Å². The molecule has 0 amide bonds. The van der Waals surface area contributed by atoms with Crippen LogP contribution >= 0.6 is 7.92 Å². The van der Waals surface area contributed by atoms with E-state index in [1.54, 1.807) is 0 Å². The number of aryl methyl sites for hydroxylation is 6. The van der Waals surface area contributed by atoms with E-state index in [0.29, 0.717) is 10.6 Å². The van der Waals surface area contributed by atoms with Crippen LogP contribution in [0.2, 0.25) is 0 Å². The van der Waals surface area contributed by atoms with Gasteiger partial charge in [0.05, 0.1) is 11.4 Å². The quantitative estimate of drug-likeness (QED) is 0.293. The van der Waals surface area contributed by atoms with Crippen LogP contribution in [-0.2, 0) is 0 Å². The van der Waals surface area contributed by atoms with E-state index < -0.39 is 36.5 Å². The summed E-state index contributed by atoms with van der Waals surface area (Å²) in [7, 11) is -1.88. The molecule has 0 N–H and O–H groups in total. The zero-order chi connectivity index (χ0) is 21.6. The highest BCUT2D eigenvalue weighted by Crippen LogP contribution is 2.40. The Kier molecular flexibility index (Phi) is 5.87. The highest BCUT2D eigenvalue weighted by Gasteiger charge is 2.32. The summed E-state index contributed by atoms with van der Waals surface area (Å²) in [5.41, 5.74) is 5.35.